The third-order valence-electron chi connectivity index (χ3n) is 3.65. The molecule has 0 aliphatic rings. The first-order valence-electron chi connectivity index (χ1n) is 7.73. The van der Waals surface area contributed by atoms with Gasteiger partial charge in [0, 0.05) is 12.1 Å². The molecule has 0 saturated carbocycles. The fourth-order valence-electron chi connectivity index (χ4n) is 2.35. The quantitative estimate of drug-likeness (QED) is 0.720. The smallest absolute Gasteiger partial charge is 0.254 e. The predicted octanol–water partition coefficient (Wildman–Crippen LogP) is 2.63. The molecule has 0 radical (unpaired) electrons. The lowest BCUT2D eigenvalue weighted by Crippen LogP contribution is -2.27. The Morgan fingerprint density at radius 2 is 2.08 bits per heavy atom. The van der Waals surface area contributed by atoms with E-state index in [4.69, 9.17) is 9.47 Å². The zero-order valence-electron chi connectivity index (χ0n) is 14.3. The molecule has 0 atom stereocenters. The van der Waals surface area contributed by atoms with Crippen molar-refractivity contribution >= 4 is 22.9 Å². The highest BCUT2D eigenvalue weighted by Gasteiger charge is 2.11. The Hall–Kier alpha value is -3.13. The fraction of sp³-hybridized carbons (Fsp3) is 0.167. The van der Waals surface area contributed by atoms with Crippen molar-refractivity contribution < 1.29 is 14.3 Å². The molecule has 1 amide bonds. The highest BCUT2D eigenvalue weighted by molar-refractivity contribution is 7.13. The summed E-state index contributed by atoms with van der Waals surface area (Å²) in [5.41, 5.74) is 0.799. The van der Waals surface area contributed by atoms with Crippen LogP contribution in [-0.4, -0.2) is 29.7 Å². The maximum Gasteiger partial charge on any atom is 0.254 e. The van der Waals surface area contributed by atoms with Crippen LogP contribution in [0.5, 0.6) is 11.5 Å². The molecule has 0 unspecified atom stereocenters. The number of hydrogen-bond donors (Lipinski definition) is 1. The van der Waals surface area contributed by atoms with Gasteiger partial charge in [-0.15, -0.1) is 11.3 Å². The molecule has 26 heavy (non-hydrogen) atoms. The van der Waals surface area contributed by atoms with Crippen LogP contribution < -0.4 is 20.3 Å². The van der Waals surface area contributed by atoms with Crippen LogP contribution in [0.25, 0.3) is 10.6 Å². The maximum absolute atomic E-state index is 12.3. The van der Waals surface area contributed by atoms with Gasteiger partial charge in [0.2, 0.25) is 5.91 Å². The maximum atomic E-state index is 12.3. The summed E-state index contributed by atoms with van der Waals surface area (Å²) < 4.78 is 11.6. The van der Waals surface area contributed by atoms with Crippen LogP contribution in [0.4, 0.5) is 5.69 Å². The minimum Gasteiger partial charge on any atom is -0.497 e. The van der Waals surface area contributed by atoms with E-state index in [-0.39, 0.29) is 18.0 Å². The number of benzene rings is 1. The van der Waals surface area contributed by atoms with Gasteiger partial charge in [0.25, 0.3) is 5.56 Å². The van der Waals surface area contributed by atoms with Crippen molar-refractivity contribution in [3.05, 3.63) is 58.5 Å². The van der Waals surface area contributed by atoms with Crippen LogP contribution in [0, 0.1) is 0 Å². The van der Waals surface area contributed by atoms with E-state index in [0.29, 0.717) is 22.9 Å². The van der Waals surface area contributed by atoms with Crippen LogP contribution in [0.2, 0.25) is 0 Å². The van der Waals surface area contributed by atoms with Gasteiger partial charge in [-0.3, -0.25) is 14.2 Å². The van der Waals surface area contributed by atoms with Crippen molar-refractivity contribution in [3.63, 3.8) is 0 Å². The van der Waals surface area contributed by atoms with E-state index in [1.807, 2.05) is 17.5 Å². The van der Waals surface area contributed by atoms with E-state index in [1.165, 1.54) is 35.4 Å². The molecule has 2 aromatic heterocycles. The summed E-state index contributed by atoms with van der Waals surface area (Å²) in [5, 5.41) is 4.64. The summed E-state index contributed by atoms with van der Waals surface area (Å²) in [6.07, 6.45) is 1.38. The monoisotopic (exact) mass is 371 g/mol. The highest BCUT2D eigenvalue weighted by Crippen LogP contribution is 2.29. The number of nitrogens with one attached hydrogen (secondary N) is 1. The Bertz CT molecular complexity index is 967. The first-order valence-corrected chi connectivity index (χ1v) is 8.61. The van der Waals surface area contributed by atoms with Crippen LogP contribution in [0.15, 0.2) is 52.9 Å². The number of anilines is 1. The first kappa shape index (κ1) is 17.7. The fourth-order valence-corrected chi connectivity index (χ4v) is 3.04. The van der Waals surface area contributed by atoms with E-state index in [9.17, 15) is 9.59 Å². The lowest BCUT2D eigenvalue weighted by Gasteiger charge is -2.12. The Morgan fingerprint density at radius 1 is 1.23 bits per heavy atom. The minimum absolute atomic E-state index is 0.147. The second-order valence-corrected chi connectivity index (χ2v) is 6.28. The summed E-state index contributed by atoms with van der Waals surface area (Å²) in [6, 6.07) is 10.3. The van der Waals surface area contributed by atoms with Crippen LogP contribution in [-0.2, 0) is 11.3 Å². The molecule has 0 aliphatic carbocycles. The third kappa shape index (κ3) is 3.92. The van der Waals surface area contributed by atoms with Crippen molar-refractivity contribution in [1.82, 2.24) is 9.55 Å². The van der Waals surface area contributed by atoms with Gasteiger partial charge >= 0.3 is 0 Å². The molecule has 1 N–H and O–H groups in total. The van der Waals surface area contributed by atoms with Gasteiger partial charge in [-0.05, 0) is 23.6 Å². The van der Waals surface area contributed by atoms with Gasteiger partial charge in [-0.1, -0.05) is 6.07 Å². The number of amides is 1. The standard InChI is InChI=1S/C18H17N3O4S/c1-24-12-5-6-13(15(8-12)25-2)20-17(22)10-21-11-19-14(9-18(21)23)16-4-3-7-26-16/h3-9,11H,10H2,1-2H3,(H,20,22). The molecule has 0 spiro atoms. The molecule has 0 aliphatic heterocycles. The van der Waals surface area contributed by atoms with Crippen LogP contribution >= 0.6 is 11.3 Å². The second-order valence-electron chi connectivity index (χ2n) is 5.33. The van der Waals surface area contributed by atoms with Crippen LogP contribution in [0.3, 0.4) is 0 Å². The minimum atomic E-state index is -0.360. The molecule has 1 aromatic carbocycles. The number of carbonyl (C=O) groups excluding carboxylic acids is 1. The largest absolute Gasteiger partial charge is 0.497 e. The molecule has 7 nitrogen and oxygen atoms in total. The molecular formula is C18H17N3O4S. The first-order chi connectivity index (χ1) is 12.6. The Balaban J connectivity index is 1.73. The summed E-state index contributed by atoms with van der Waals surface area (Å²) in [6.45, 7) is -0.147. The van der Waals surface area contributed by atoms with Gasteiger partial charge in [0.1, 0.15) is 18.0 Å². The second kappa shape index (κ2) is 7.83. The number of nitrogens with zero attached hydrogens (tertiary/aromatic N) is 2. The van der Waals surface area contributed by atoms with Crippen molar-refractivity contribution in [2.45, 2.75) is 6.54 Å². The molecule has 3 rings (SSSR count). The molecule has 0 bridgehead atoms. The molecule has 3 aromatic rings. The van der Waals surface area contributed by atoms with E-state index < -0.39 is 0 Å². The average Bonchev–Trinajstić information content (AvgIpc) is 3.18. The Kier molecular flexibility index (Phi) is 5.33. The summed E-state index contributed by atoms with van der Waals surface area (Å²) >= 11 is 1.50. The Labute approximate surface area is 153 Å². The van der Waals surface area contributed by atoms with Crippen LogP contribution in [0.1, 0.15) is 0 Å². The highest BCUT2D eigenvalue weighted by atomic mass is 32.1. The molecule has 8 heteroatoms. The van der Waals surface area contributed by atoms with E-state index >= 15 is 0 Å². The lowest BCUT2D eigenvalue weighted by atomic mass is 10.2. The topological polar surface area (TPSA) is 82.5 Å². The van der Waals surface area contributed by atoms with Crippen molar-refractivity contribution in [3.8, 4) is 22.1 Å². The van der Waals surface area contributed by atoms with Gasteiger partial charge in [-0.25, -0.2) is 4.98 Å². The van der Waals surface area contributed by atoms with E-state index in [1.54, 1.807) is 25.3 Å². The average molecular weight is 371 g/mol. The number of hydrogen-bond acceptors (Lipinski definition) is 6. The Morgan fingerprint density at radius 3 is 2.73 bits per heavy atom. The zero-order valence-corrected chi connectivity index (χ0v) is 15.1. The van der Waals surface area contributed by atoms with Crippen molar-refractivity contribution in [2.24, 2.45) is 0 Å². The number of methoxy groups -OCH3 is 2. The molecular weight excluding hydrogens is 354 g/mol. The molecule has 134 valence electrons. The van der Waals surface area contributed by atoms with Gasteiger partial charge < -0.3 is 14.8 Å². The predicted molar refractivity (Wildman–Crippen MR) is 100.0 cm³/mol. The normalized spacial score (nSPS) is 10.4. The zero-order chi connectivity index (χ0) is 18.5. The third-order valence-corrected chi connectivity index (χ3v) is 4.54. The SMILES string of the molecule is COc1ccc(NC(=O)Cn2cnc(-c3cccs3)cc2=O)c(OC)c1. The molecule has 0 saturated heterocycles. The van der Waals surface area contributed by atoms with Gasteiger partial charge in [0.05, 0.1) is 36.8 Å². The number of ether oxygens (including phenoxy) is 2. The lowest BCUT2D eigenvalue weighted by molar-refractivity contribution is -0.116. The summed E-state index contributed by atoms with van der Waals surface area (Å²) in [5.74, 6) is 0.724. The molecule has 0 fully saturated rings. The van der Waals surface area contributed by atoms with Crippen molar-refractivity contribution in [1.29, 1.82) is 0 Å². The summed E-state index contributed by atoms with van der Waals surface area (Å²) in [4.78, 5) is 29.7. The van der Waals surface area contributed by atoms with Gasteiger partial charge in [-0.2, -0.15) is 0 Å². The van der Waals surface area contributed by atoms with E-state index in [2.05, 4.69) is 10.3 Å². The number of carbonyl (C=O) groups is 1. The number of aromatic nitrogens is 2. The summed E-state index contributed by atoms with van der Waals surface area (Å²) in [7, 11) is 3.05. The molecule has 2 heterocycles. The number of rotatable bonds is 6. The van der Waals surface area contributed by atoms with Gasteiger partial charge in [0.15, 0.2) is 0 Å². The number of thiophene rings is 1. The van der Waals surface area contributed by atoms with E-state index in [0.717, 1.165) is 4.88 Å². The van der Waals surface area contributed by atoms with Crippen molar-refractivity contribution in [2.75, 3.05) is 19.5 Å².